The van der Waals surface area contributed by atoms with E-state index in [0.717, 1.165) is 17.7 Å². The molecule has 2 aromatic carbocycles. The van der Waals surface area contributed by atoms with Crippen molar-refractivity contribution in [3.8, 4) is 0 Å². The molecule has 2 aromatic rings. The lowest BCUT2D eigenvalue weighted by Gasteiger charge is -2.35. The molecule has 124 valence electrons. The summed E-state index contributed by atoms with van der Waals surface area (Å²) in [7, 11) is 0. The zero-order valence-corrected chi connectivity index (χ0v) is 15.0. The van der Waals surface area contributed by atoms with E-state index in [1.807, 2.05) is 18.2 Å². The molecule has 0 unspecified atom stereocenters. The molecule has 0 aliphatic carbocycles. The van der Waals surface area contributed by atoms with Crippen molar-refractivity contribution in [3.63, 3.8) is 0 Å². The summed E-state index contributed by atoms with van der Waals surface area (Å²) in [4.78, 5) is 12.4. The maximum absolute atomic E-state index is 12.4. The summed E-state index contributed by atoms with van der Waals surface area (Å²) in [5.41, 5.74) is 3.51. The summed E-state index contributed by atoms with van der Waals surface area (Å²) >= 11 is 12.0. The number of rotatable bonds is 2. The molecule has 0 fully saturated rings. The van der Waals surface area contributed by atoms with Crippen LogP contribution in [-0.4, -0.2) is 11.4 Å². The summed E-state index contributed by atoms with van der Waals surface area (Å²) in [6.45, 7) is 4.23. The highest BCUT2D eigenvalue weighted by atomic mass is 35.5. The highest BCUT2D eigenvalue weighted by molar-refractivity contribution is 6.36. The number of hydrogen-bond donors (Lipinski definition) is 2. The van der Waals surface area contributed by atoms with Crippen LogP contribution in [0.15, 0.2) is 48.5 Å². The highest BCUT2D eigenvalue weighted by Crippen LogP contribution is 2.30. The van der Waals surface area contributed by atoms with E-state index in [1.165, 1.54) is 5.56 Å². The van der Waals surface area contributed by atoms with Gasteiger partial charge in [0.1, 0.15) is 0 Å². The Kier molecular flexibility index (Phi) is 4.57. The van der Waals surface area contributed by atoms with Crippen molar-refractivity contribution in [3.05, 3.63) is 69.7 Å². The third-order valence-electron chi connectivity index (χ3n) is 3.88. The molecule has 24 heavy (non-hydrogen) atoms. The topological polar surface area (TPSA) is 41.1 Å². The van der Waals surface area contributed by atoms with Gasteiger partial charge in [-0.25, -0.2) is 0 Å². The minimum absolute atomic E-state index is 0.113. The Morgan fingerprint density at radius 1 is 1.21 bits per heavy atom. The van der Waals surface area contributed by atoms with E-state index < -0.39 is 0 Å². The van der Waals surface area contributed by atoms with Gasteiger partial charge in [-0.3, -0.25) is 4.79 Å². The molecule has 3 nitrogen and oxygen atoms in total. The fourth-order valence-electron chi connectivity index (χ4n) is 2.89. The van der Waals surface area contributed by atoms with Crippen LogP contribution >= 0.6 is 23.2 Å². The van der Waals surface area contributed by atoms with E-state index in [-0.39, 0.29) is 11.4 Å². The van der Waals surface area contributed by atoms with Crippen LogP contribution in [0.1, 0.15) is 25.0 Å². The first-order valence-corrected chi connectivity index (χ1v) is 8.44. The Bertz CT molecular complexity index is 828. The van der Waals surface area contributed by atoms with Crippen LogP contribution in [0, 0.1) is 0 Å². The third-order valence-corrected chi connectivity index (χ3v) is 4.43. The minimum atomic E-state index is -0.241. The molecule has 0 aromatic heterocycles. The van der Waals surface area contributed by atoms with Crippen LogP contribution in [0.25, 0.3) is 5.70 Å². The number of nitrogens with one attached hydrogen (secondary N) is 2. The number of halogens is 2. The van der Waals surface area contributed by atoms with Crippen molar-refractivity contribution in [1.29, 1.82) is 0 Å². The predicted octanol–water partition coefficient (Wildman–Crippen LogP) is 4.90. The molecule has 5 heteroatoms. The van der Waals surface area contributed by atoms with Crippen molar-refractivity contribution >= 4 is 40.5 Å². The molecule has 0 radical (unpaired) electrons. The SMILES string of the molecule is CC1(C)Cc2ccccc2/C(=C\C(=O)Nc2ccc(Cl)cc2Cl)N1. The van der Waals surface area contributed by atoms with Gasteiger partial charge in [-0.15, -0.1) is 0 Å². The molecule has 0 saturated carbocycles. The van der Waals surface area contributed by atoms with E-state index in [0.29, 0.717) is 15.7 Å². The number of amides is 1. The van der Waals surface area contributed by atoms with Crippen LogP contribution in [0.2, 0.25) is 10.0 Å². The number of carbonyl (C=O) groups excluding carboxylic acids is 1. The fraction of sp³-hybridized carbons (Fsp3) is 0.211. The van der Waals surface area contributed by atoms with Crippen molar-refractivity contribution in [2.75, 3.05) is 5.32 Å². The number of carbonyl (C=O) groups is 1. The van der Waals surface area contributed by atoms with Crippen LogP contribution in [-0.2, 0) is 11.2 Å². The highest BCUT2D eigenvalue weighted by Gasteiger charge is 2.27. The molecule has 0 spiro atoms. The standard InChI is InChI=1S/C19H18Cl2N2O/c1-19(2)11-12-5-3-4-6-14(12)17(23-19)10-18(24)22-16-8-7-13(20)9-15(16)21/h3-10,23H,11H2,1-2H3,(H,22,24)/b17-10+. The van der Waals surface area contributed by atoms with Gasteiger partial charge in [0.05, 0.1) is 10.7 Å². The molecule has 1 aliphatic rings. The van der Waals surface area contributed by atoms with Crippen molar-refractivity contribution in [2.24, 2.45) is 0 Å². The van der Waals surface area contributed by atoms with Crippen LogP contribution < -0.4 is 10.6 Å². The smallest absolute Gasteiger partial charge is 0.250 e. The summed E-state index contributed by atoms with van der Waals surface area (Å²) in [5.74, 6) is -0.241. The molecule has 2 N–H and O–H groups in total. The molecule has 0 saturated heterocycles. The van der Waals surface area contributed by atoms with E-state index in [2.05, 4.69) is 30.5 Å². The van der Waals surface area contributed by atoms with E-state index in [4.69, 9.17) is 23.2 Å². The zero-order chi connectivity index (χ0) is 17.3. The molecule has 0 bridgehead atoms. The Balaban J connectivity index is 1.88. The Hall–Kier alpha value is -1.97. The quantitative estimate of drug-likeness (QED) is 0.748. The van der Waals surface area contributed by atoms with Crippen molar-refractivity contribution < 1.29 is 4.79 Å². The summed E-state index contributed by atoms with van der Waals surface area (Å²) in [6.07, 6.45) is 2.48. The molecular weight excluding hydrogens is 343 g/mol. The monoisotopic (exact) mass is 360 g/mol. The average Bonchev–Trinajstić information content (AvgIpc) is 2.49. The van der Waals surface area contributed by atoms with Gasteiger partial charge in [-0.2, -0.15) is 0 Å². The maximum Gasteiger partial charge on any atom is 0.250 e. The Morgan fingerprint density at radius 3 is 2.71 bits per heavy atom. The van der Waals surface area contributed by atoms with Crippen molar-refractivity contribution in [2.45, 2.75) is 25.8 Å². The largest absolute Gasteiger partial charge is 0.379 e. The molecule has 1 amide bonds. The Morgan fingerprint density at radius 2 is 1.96 bits per heavy atom. The summed E-state index contributed by atoms with van der Waals surface area (Å²) in [6, 6.07) is 13.1. The number of benzene rings is 2. The lowest BCUT2D eigenvalue weighted by Crippen LogP contribution is -2.44. The van der Waals surface area contributed by atoms with Gasteiger partial charge in [-0.05, 0) is 44.0 Å². The van der Waals surface area contributed by atoms with Crippen LogP contribution in [0.3, 0.4) is 0 Å². The van der Waals surface area contributed by atoms with Gasteiger partial charge in [0.2, 0.25) is 0 Å². The first kappa shape index (κ1) is 16.9. The Labute approximate surface area is 151 Å². The normalized spacial score (nSPS) is 17.1. The van der Waals surface area contributed by atoms with Crippen molar-refractivity contribution in [1.82, 2.24) is 5.32 Å². The predicted molar refractivity (Wildman–Crippen MR) is 100 cm³/mol. The summed E-state index contributed by atoms with van der Waals surface area (Å²) in [5, 5.41) is 7.17. The zero-order valence-electron chi connectivity index (χ0n) is 13.5. The van der Waals surface area contributed by atoms with Gasteiger partial charge in [0.15, 0.2) is 0 Å². The number of anilines is 1. The second kappa shape index (κ2) is 6.50. The lowest BCUT2D eigenvalue weighted by atomic mass is 9.86. The van der Waals surface area contributed by atoms with Gasteiger partial charge in [-0.1, -0.05) is 47.5 Å². The second-order valence-corrected chi connectivity index (χ2v) is 7.36. The van der Waals surface area contributed by atoms with Crippen LogP contribution in [0.5, 0.6) is 0 Å². The third kappa shape index (κ3) is 3.74. The fourth-order valence-corrected chi connectivity index (χ4v) is 3.35. The molecule has 1 aliphatic heterocycles. The number of hydrogen-bond acceptors (Lipinski definition) is 2. The molecule has 3 rings (SSSR count). The number of fused-ring (bicyclic) bond motifs is 1. The van der Waals surface area contributed by atoms with E-state index >= 15 is 0 Å². The van der Waals surface area contributed by atoms with Gasteiger partial charge in [0, 0.05) is 27.9 Å². The van der Waals surface area contributed by atoms with E-state index in [9.17, 15) is 4.79 Å². The molecule has 1 heterocycles. The second-order valence-electron chi connectivity index (χ2n) is 6.51. The molecule has 0 atom stereocenters. The average molecular weight is 361 g/mol. The van der Waals surface area contributed by atoms with E-state index in [1.54, 1.807) is 24.3 Å². The minimum Gasteiger partial charge on any atom is -0.379 e. The van der Waals surface area contributed by atoms with Crippen LogP contribution in [0.4, 0.5) is 5.69 Å². The summed E-state index contributed by atoms with van der Waals surface area (Å²) < 4.78 is 0. The first-order valence-electron chi connectivity index (χ1n) is 7.68. The molecular formula is C19H18Cl2N2O. The van der Waals surface area contributed by atoms with Gasteiger partial charge < -0.3 is 10.6 Å². The maximum atomic E-state index is 12.4. The van der Waals surface area contributed by atoms with Gasteiger partial charge >= 0.3 is 0 Å². The van der Waals surface area contributed by atoms with Gasteiger partial charge in [0.25, 0.3) is 5.91 Å². The lowest BCUT2D eigenvalue weighted by molar-refractivity contribution is -0.111. The first-order chi connectivity index (χ1) is 11.3.